The highest BCUT2D eigenvalue weighted by molar-refractivity contribution is 6.15. The van der Waals surface area contributed by atoms with Crippen molar-refractivity contribution < 1.29 is 23.9 Å². The van der Waals surface area contributed by atoms with E-state index in [4.69, 9.17) is 15.2 Å². The molecule has 2 heterocycles. The molecule has 0 aliphatic carbocycles. The molecule has 1 aliphatic rings. The molecule has 47 heavy (non-hydrogen) atoms. The van der Waals surface area contributed by atoms with Gasteiger partial charge in [0.05, 0.1) is 47.3 Å². The van der Waals surface area contributed by atoms with E-state index < -0.39 is 11.8 Å². The van der Waals surface area contributed by atoms with Crippen molar-refractivity contribution in [2.45, 2.75) is 33.1 Å². The molecule has 0 radical (unpaired) electrons. The first-order valence-corrected chi connectivity index (χ1v) is 15.8. The Morgan fingerprint density at radius 1 is 1.04 bits per heavy atom. The lowest BCUT2D eigenvalue weighted by molar-refractivity contribution is 0.0961. The number of fused-ring (bicyclic) bond motifs is 1. The molecule has 1 saturated heterocycles. The van der Waals surface area contributed by atoms with Crippen LogP contribution in [0.3, 0.4) is 0 Å². The summed E-state index contributed by atoms with van der Waals surface area (Å²) in [6, 6.07) is 14.6. The van der Waals surface area contributed by atoms with E-state index in [0.29, 0.717) is 41.2 Å². The second kappa shape index (κ2) is 14.5. The van der Waals surface area contributed by atoms with Gasteiger partial charge in [-0.3, -0.25) is 9.59 Å². The van der Waals surface area contributed by atoms with Gasteiger partial charge in [-0.15, -0.1) is 0 Å². The number of para-hydroxylation sites is 1. The van der Waals surface area contributed by atoms with Crippen LogP contribution in [0.1, 0.15) is 51.4 Å². The second-order valence-corrected chi connectivity index (χ2v) is 11.9. The number of imidazole rings is 1. The molecule has 0 atom stereocenters. The molecule has 0 unspecified atom stereocenters. The van der Waals surface area contributed by atoms with Gasteiger partial charge in [0, 0.05) is 44.4 Å². The molecule has 3 N–H and O–H groups in total. The normalized spacial score (nSPS) is 13.3. The van der Waals surface area contributed by atoms with Gasteiger partial charge in [-0.1, -0.05) is 18.2 Å². The first kappa shape index (κ1) is 33.2. The number of allylic oxidation sites excluding steroid dienone is 1. The number of aromatic amines is 1. The number of carbonyl (C=O) groups is 2. The van der Waals surface area contributed by atoms with E-state index >= 15 is 0 Å². The van der Waals surface area contributed by atoms with E-state index in [1.165, 1.54) is 12.0 Å². The zero-order chi connectivity index (χ0) is 33.7. The van der Waals surface area contributed by atoms with E-state index in [1.807, 2.05) is 50.2 Å². The molecule has 0 spiro atoms. The maximum absolute atomic E-state index is 14.0. The number of aryl methyl sites for hydroxylation is 2. The highest BCUT2D eigenvalue weighted by Gasteiger charge is 2.28. The summed E-state index contributed by atoms with van der Waals surface area (Å²) in [5.74, 6) is 2.40. The van der Waals surface area contributed by atoms with Crippen molar-refractivity contribution in [2.75, 3.05) is 58.9 Å². The molecule has 1 aromatic heterocycles. The lowest BCUT2D eigenvalue weighted by atomic mass is 9.95. The van der Waals surface area contributed by atoms with Gasteiger partial charge >= 0.3 is 0 Å². The van der Waals surface area contributed by atoms with Crippen LogP contribution >= 0.6 is 0 Å². The first-order valence-electron chi connectivity index (χ1n) is 15.8. The number of unbranched alkanes of at least 4 members (excludes halogenated alkanes) is 1. The Hall–Kier alpha value is -5.12. The van der Waals surface area contributed by atoms with Crippen LogP contribution in [0.2, 0.25) is 0 Å². The number of aromatic nitrogens is 2. The Morgan fingerprint density at radius 2 is 1.81 bits per heavy atom. The average molecular weight is 639 g/mol. The van der Waals surface area contributed by atoms with Gasteiger partial charge in [0.1, 0.15) is 23.3 Å². The molecule has 0 saturated carbocycles. The first-order chi connectivity index (χ1) is 22.6. The summed E-state index contributed by atoms with van der Waals surface area (Å²) < 4.78 is 11.9. The van der Waals surface area contributed by atoms with Crippen molar-refractivity contribution in [1.29, 1.82) is 0 Å². The number of H-pyrrole nitrogens is 1. The summed E-state index contributed by atoms with van der Waals surface area (Å²) in [6.45, 7) is 7.73. The smallest absolute Gasteiger partial charge is 0.259 e. The van der Waals surface area contributed by atoms with Crippen molar-refractivity contribution in [1.82, 2.24) is 19.8 Å². The van der Waals surface area contributed by atoms with Crippen LogP contribution in [-0.2, 0) is 4.79 Å². The number of primary amides is 1. The van der Waals surface area contributed by atoms with Crippen LogP contribution in [0.25, 0.3) is 22.2 Å². The van der Waals surface area contributed by atoms with E-state index in [9.17, 15) is 14.4 Å². The largest absolute Gasteiger partial charge is 0.495 e. The molecule has 0 bridgehead atoms. The van der Waals surface area contributed by atoms with Crippen LogP contribution in [0, 0.1) is 13.8 Å². The predicted molar refractivity (Wildman–Crippen MR) is 183 cm³/mol. The molecule has 11 nitrogen and oxygen atoms in total. The van der Waals surface area contributed by atoms with Gasteiger partial charge in [-0.2, -0.15) is 0 Å². The van der Waals surface area contributed by atoms with Crippen LogP contribution in [-0.4, -0.2) is 91.5 Å². The molecular formula is C36H42N6O5. The van der Waals surface area contributed by atoms with Crippen LogP contribution < -0.4 is 20.1 Å². The summed E-state index contributed by atoms with van der Waals surface area (Å²) in [4.78, 5) is 52.2. The van der Waals surface area contributed by atoms with Crippen molar-refractivity contribution in [3.05, 3.63) is 76.7 Å². The molecule has 3 aromatic carbocycles. The zero-order valence-electron chi connectivity index (χ0n) is 27.7. The number of methoxy groups -OCH3 is 1. The molecule has 246 valence electrons. The third-order valence-electron chi connectivity index (χ3n) is 8.61. The number of benzene rings is 3. The van der Waals surface area contributed by atoms with Gasteiger partial charge in [0.25, 0.3) is 11.8 Å². The number of rotatable bonds is 12. The number of nitrogens with one attached hydrogen (secondary N) is 1. The highest BCUT2D eigenvalue weighted by Crippen LogP contribution is 2.39. The standard InChI is InChI=1S/C36H42N6O5/c1-23-12-15-30(31(21-23)47-20-7-6-9-25(22-43)42-18-16-40(3)17-19-42)41(4)36(45)28-14-13-27(34(46-5)32(28)35(37)44)26-10-8-11-29-33(26)39-24(2)38-29/h8,10-15,21H,6-7,9,16-20H2,1-5H3,(H2,37,44)(H,38,39). The number of ether oxygens (including phenoxy) is 2. The number of piperazine rings is 1. The topological polar surface area (TPSA) is 134 Å². The van der Waals surface area contributed by atoms with Crippen LogP contribution in [0.5, 0.6) is 11.5 Å². The number of anilines is 1. The van der Waals surface area contributed by atoms with E-state index in [2.05, 4.69) is 32.8 Å². The summed E-state index contributed by atoms with van der Waals surface area (Å²) in [6.07, 6.45) is 2.13. The SMILES string of the molecule is COc1c(-c2cccc3[nH]c(C)nc23)ccc(C(=O)N(C)c2ccc(C)cc2OCCCCC(=C=O)N2CCN(C)CC2)c1C(N)=O. The predicted octanol–water partition coefficient (Wildman–Crippen LogP) is 4.74. The maximum atomic E-state index is 14.0. The van der Waals surface area contributed by atoms with E-state index in [0.717, 1.165) is 61.5 Å². The molecule has 2 amide bonds. The Bertz CT molecular complexity index is 1840. The number of hydrogen-bond acceptors (Lipinski definition) is 8. The number of carbonyl (C=O) groups excluding carboxylic acids is 3. The van der Waals surface area contributed by atoms with Crippen molar-refractivity contribution in [2.24, 2.45) is 5.73 Å². The summed E-state index contributed by atoms with van der Waals surface area (Å²) >= 11 is 0. The van der Waals surface area contributed by atoms with Crippen LogP contribution in [0.4, 0.5) is 5.69 Å². The Labute approximate surface area is 274 Å². The number of hydrogen-bond donors (Lipinski definition) is 2. The second-order valence-electron chi connectivity index (χ2n) is 11.9. The average Bonchev–Trinajstić information content (AvgIpc) is 3.46. The summed E-state index contributed by atoms with van der Waals surface area (Å²) in [5.41, 5.74) is 11.1. The molecule has 4 aromatic rings. The van der Waals surface area contributed by atoms with Gasteiger partial charge in [0.15, 0.2) is 0 Å². The monoisotopic (exact) mass is 638 g/mol. The third kappa shape index (κ3) is 7.16. The van der Waals surface area contributed by atoms with Gasteiger partial charge in [0.2, 0.25) is 0 Å². The van der Waals surface area contributed by atoms with E-state index in [1.54, 1.807) is 19.2 Å². The summed E-state index contributed by atoms with van der Waals surface area (Å²) in [7, 11) is 5.16. The van der Waals surface area contributed by atoms with Gasteiger partial charge in [-0.05, 0) is 76.1 Å². The molecule has 11 heteroatoms. The van der Waals surface area contributed by atoms with Crippen molar-refractivity contribution >= 4 is 34.5 Å². The fourth-order valence-corrected chi connectivity index (χ4v) is 6.03. The number of amides is 2. The summed E-state index contributed by atoms with van der Waals surface area (Å²) in [5, 5.41) is 0. The number of likely N-dealkylation sites (N-methyl/N-ethyl adjacent to an activating group) is 1. The van der Waals surface area contributed by atoms with Gasteiger partial charge < -0.3 is 34.9 Å². The lowest BCUT2D eigenvalue weighted by Gasteiger charge is -2.34. The molecular weight excluding hydrogens is 596 g/mol. The minimum absolute atomic E-state index is 0.0138. The third-order valence-corrected chi connectivity index (χ3v) is 8.61. The molecule has 1 fully saturated rings. The van der Waals surface area contributed by atoms with Crippen LogP contribution in [0.15, 0.2) is 54.2 Å². The lowest BCUT2D eigenvalue weighted by Crippen LogP contribution is -2.44. The fourth-order valence-electron chi connectivity index (χ4n) is 6.03. The van der Waals surface area contributed by atoms with Gasteiger partial charge in [-0.25, -0.2) is 9.78 Å². The fraction of sp³-hybridized carbons (Fsp3) is 0.361. The highest BCUT2D eigenvalue weighted by atomic mass is 16.5. The Morgan fingerprint density at radius 3 is 2.51 bits per heavy atom. The minimum atomic E-state index is -0.786. The Kier molecular flexibility index (Phi) is 10.3. The Balaban J connectivity index is 1.35. The minimum Gasteiger partial charge on any atom is -0.495 e. The maximum Gasteiger partial charge on any atom is 0.259 e. The van der Waals surface area contributed by atoms with Crippen molar-refractivity contribution in [3.63, 3.8) is 0 Å². The molecule has 1 aliphatic heterocycles. The zero-order valence-corrected chi connectivity index (χ0v) is 27.7. The molecule has 5 rings (SSSR count). The quantitative estimate of drug-likeness (QED) is 0.168. The van der Waals surface area contributed by atoms with Crippen molar-refractivity contribution in [3.8, 4) is 22.6 Å². The van der Waals surface area contributed by atoms with E-state index in [-0.39, 0.29) is 16.9 Å². The number of nitrogens with two attached hydrogens (primary N) is 1. The number of nitrogens with zero attached hydrogens (tertiary/aromatic N) is 4.